The summed E-state index contributed by atoms with van der Waals surface area (Å²) in [5.74, 6) is 1.22. The minimum absolute atomic E-state index is 0.293. The zero-order valence-electron chi connectivity index (χ0n) is 10.3. The van der Waals surface area contributed by atoms with Gasteiger partial charge in [-0.15, -0.1) is 0 Å². The lowest BCUT2D eigenvalue weighted by Crippen LogP contribution is -2.24. The average molecular weight is 290 g/mol. The molecule has 104 valence electrons. The van der Waals surface area contributed by atoms with Crippen molar-refractivity contribution in [3.63, 3.8) is 0 Å². The Bertz CT molecular complexity index is 466. The second-order valence-electron chi connectivity index (χ2n) is 5.54. The second-order valence-corrected chi connectivity index (χ2v) is 5.94. The summed E-state index contributed by atoms with van der Waals surface area (Å²) in [6.45, 7) is 0. The summed E-state index contributed by atoms with van der Waals surface area (Å²) in [4.78, 5) is 0. The molecule has 1 nitrogen and oxygen atoms in total. The van der Waals surface area contributed by atoms with Crippen LogP contribution >= 0.6 is 11.6 Å². The van der Waals surface area contributed by atoms with Gasteiger partial charge in [-0.1, -0.05) is 11.6 Å². The van der Waals surface area contributed by atoms with Crippen LogP contribution in [-0.2, 0) is 6.18 Å². The van der Waals surface area contributed by atoms with Gasteiger partial charge in [-0.05, 0) is 55.7 Å². The third-order valence-electron chi connectivity index (χ3n) is 3.88. The van der Waals surface area contributed by atoms with Crippen molar-refractivity contribution in [3.05, 3.63) is 28.8 Å². The van der Waals surface area contributed by atoms with Crippen molar-refractivity contribution >= 4 is 17.3 Å². The van der Waals surface area contributed by atoms with Crippen LogP contribution in [0.25, 0.3) is 0 Å². The Morgan fingerprint density at radius 3 is 2.16 bits per heavy atom. The van der Waals surface area contributed by atoms with Gasteiger partial charge in [-0.25, -0.2) is 0 Å². The Labute approximate surface area is 115 Å². The second kappa shape index (κ2) is 4.58. The molecular formula is C14H15ClF3N. The number of benzene rings is 1. The lowest BCUT2D eigenvalue weighted by molar-refractivity contribution is -0.137. The first kappa shape index (κ1) is 13.1. The van der Waals surface area contributed by atoms with E-state index in [2.05, 4.69) is 5.32 Å². The van der Waals surface area contributed by atoms with Crippen molar-refractivity contribution in [2.24, 2.45) is 11.8 Å². The Hall–Kier alpha value is -0.900. The number of rotatable bonds is 4. The largest absolute Gasteiger partial charge is 0.416 e. The molecule has 0 spiro atoms. The van der Waals surface area contributed by atoms with Gasteiger partial charge in [0.05, 0.1) is 16.3 Å². The molecule has 0 heterocycles. The summed E-state index contributed by atoms with van der Waals surface area (Å²) in [5, 5.41) is 3.61. The van der Waals surface area contributed by atoms with E-state index in [4.69, 9.17) is 11.6 Å². The van der Waals surface area contributed by atoms with E-state index in [1.165, 1.54) is 31.7 Å². The summed E-state index contributed by atoms with van der Waals surface area (Å²) < 4.78 is 38.1. The maximum Gasteiger partial charge on any atom is 0.416 e. The lowest BCUT2D eigenvalue weighted by Gasteiger charge is -2.21. The highest BCUT2D eigenvalue weighted by Gasteiger charge is 2.41. The van der Waals surface area contributed by atoms with Gasteiger partial charge >= 0.3 is 6.18 Å². The smallest absolute Gasteiger partial charge is 0.381 e. The molecule has 2 aliphatic carbocycles. The number of hydrogen-bond acceptors (Lipinski definition) is 1. The van der Waals surface area contributed by atoms with Crippen LogP contribution in [0, 0.1) is 11.8 Å². The third-order valence-corrected chi connectivity index (χ3v) is 4.21. The minimum Gasteiger partial charge on any atom is -0.381 e. The van der Waals surface area contributed by atoms with Gasteiger partial charge in [0.25, 0.3) is 0 Å². The van der Waals surface area contributed by atoms with Crippen LogP contribution < -0.4 is 5.32 Å². The molecule has 0 atom stereocenters. The Kier molecular flexibility index (Phi) is 3.16. The van der Waals surface area contributed by atoms with Gasteiger partial charge in [0.1, 0.15) is 0 Å². The van der Waals surface area contributed by atoms with E-state index in [9.17, 15) is 13.2 Å². The van der Waals surface area contributed by atoms with Crippen LogP contribution in [0.5, 0.6) is 0 Å². The van der Waals surface area contributed by atoms with Gasteiger partial charge < -0.3 is 5.32 Å². The molecule has 19 heavy (non-hydrogen) atoms. The molecule has 0 amide bonds. The van der Waals surface area contributed by atoms with Crippen molar-refractivity contribution < 1.29 is 13.2 Å². The van der Waals surface area contributed by atoms with Crippen LogP contribution in [-0.4, -0.2) is 6.04 Å². The number of anilines is 1. The van der Waals surface area contributed by atoms with Crippen LogP contribution in [0.3, 0.4) is 0 Å². The first-order valence-electron chi connectivity index (χ1n) is 6.58. The van der Waals surface area contributed by atoms with Crippen LogP contribution in [0.15, 0.2) is 18.2 Å². The minimum atomic E-state index is -4.32. The fourth-order valence-electron chi connectivity index (χ4n) is 2.52. The third kappa shape index (κ3) is 2.99. The maximum atomic E-state index is 12.7. The van der Waals surface area contributed by atoms with E-state index >= 15 is 0 Å². The van der Waals surface area contributed by atoms with Crippen molar-refractivity contribution in [3.8, 4) is 0 Å². The molecule has 0 unspecified atom stereocenters. The monoisotopic (exact) mass is 289 g/mol. The maximum absolute atomic E-state index is 12.7. The SMILES string of the molecule is FC(F)(F)c1ccc(Cl)c(NC(C2CC2)C2CC2)c1. The summed E-state index contributed by atoms with van der Waals surface area (Å²) >= 11 is 6.01. The van der Waals surface area contributed by atoms with E-state index in [0.29, 0.717) is 28.6 Å². The van der Waals surface area contributed by atoms with E-state index in [0.717, 1.165) is 12.1 Å². The fraction of sp³-hybridized carbons (Fsp3) is 0.571. The molecule has 5 heteroatoms. The van der Waals surface area contributed by atoms with Gasteiger partial charge in [-0.2, -0.15) is 13.2 Å². The average Bonchev–Trinajstić information content (AvgIpc) is 3.19. The molecule has 0 aromatic heterocycles. The molecular weight excluding hydrogens is 275 g/mol. The Morgan fingerprint density at radius 2 is 1.68 bits per heavy atom. The Balaban J connectivity index is 1.82. The molecule has 0 aliphatic heterocycles. The van der Waals surface area contributed by atoms with E-state index < -0.39 is 11.7 Å². The van der Waals surface area contributed by atoms with Crippen molar-refractivity contribution in [2.45, 2.75) is 37.9 Å². The summed E-state index contributed by atoms with van der Waals surface area (Å²) in [6.07, 6.45) is 0.362. The number of halogens is 4. The molecule has 2 aliphatic rings. The van der Waals surface area contributed by atoms with E-state index in [-0.39, 0.29) is 0 Å². The molecule has 1 N–H and O–H groups in total. The summed E-state index contributed by atoms with van der Waals surface area (Å²) in [6, 6.07) is 3.77. The highest BCUT2D eigenvalue weighted by molar-refractivity contribution is 6.33. The van der Waals surface area contributed by atoms with Gasteiger partial charge in [0.2, 0.25) is 0 Å². The summed E-state index contributed by atoms with van der Waals surface area (Å²) in [7, 11) is 0. The number of hydrogen-bond donors (Lipinski definition) is 1. The van der Waals surface area contributed by atoms with Gasteiger partial charge in [-0.3, -0.25) is 0 Å². The predicted octanol–water partition coefficient (Wildman–Crippen LogP) is 4.96. The molecule has 3 rings (SSSR count). The van der Waals surface area contributed by atoms with E-state index in [1.807, 2.05) is 0 Å². The van der Waals surface area contributed by atoms with Gasteiger partial charge in [0.15, 0.2) is 0 Å². The van der Waals surface area contributed by atoms with Crippen molar-refractivity contribution in [1.82, 2.24) is 0 Å². The molecule has 2 saturated carbocycles. The molecule has 2 fully saturated rings. The Morgan fingerprint density at radius 1 is 1.11 bits per heavy atom. The molecule has 0 radical (unpaired) electrons. The topological polar surface area (TPSA) is 12.0 Å². The molecule has 1 aromatic rings. The highest BCUT2D eigenvalue weighted by atomic mass is 35.5. The zero-order chi connectivity index (χ0) is 13.6. The standard InChI is InChI=1S/C14H15ClF3N/c15-11-6-5-10(14(16,17)18)7-12(11)19-13(8-1-2-8)9-3-4-9/h5-9,13,19H,1-4H2. The predicted molar refractivity (Wildman–Crippen MR) is 69.3 cm³/mol. The first-order valence-corrected chi connectivity index (χ1v) is 6.96. The van der Waals surface area contributed by atoms with Gasteiger partial charge in [0, 0.05) is 6.04 Å². The van der Waals surface area contributed by atoms with Crippen molar-refractivity contribution in [1.29, 1.82) is 0 Å². The van der Waals surface area contributed by atoms with Crippen LogP contribution in [0.2, 0.25) is 5.02 Å². The van der Waals surface area contributed by atoms with E-state index in [1.54, 1.807) is 0 Å². The van der Waals surface area contributed by atoms with Crippen molar-refractivity contribution in [2.75, 3.05) is 5.32 Å². The zero-order valence-corrected chi connectivity index (χ0v) is 11.1. The van der Waals surface area contributed by atoms with Crippen LogP contribution in [0.1, 0.15) is 31.2 Å². The van der Waals surface area contributed by atoms with Crippen LogP contribution in [0.4, 0.5) is 18.9 Å². The number of nitrogens with one attached hydrogen (secondary N) is 1. The molecule has 0 saturated heterocycles. The summed E-state index contributed by atoms with van der Waals surface area (Å²) in [5.41, 5.74) is -0.231. The quantitative estimate of drug-likeness (QED) is 0.826. The number of alkyl halides is 3. The first-order chi connectivity index (χ1) is 8.95. The highest BCUT2D eigenvalue weighted by Crippen LogP contribution is 2.46. The fourth-order valence-corrected chi connectivity index (χ4v) is 2.70. The molecule has 0 bridgehead atoms. The normalized spacial score (nSPS) is 19.8. The molecule has 1 aromatic carbocycles. The lowest BCUT2D eigenvalue weighted by atomic mass is 10.1.